The van der Waals surface area contributed by atoms with Crippen LogP contribution in [0, 0.1) is 17.0 Å². The zero-order valence-electron chi connectivity index (χ0n) is 15.3. The molecule has 2 aromatic carbocycles. The van der Waals surface area contributed by atoms with Crippen molar-refractivity contribution in [2.45, 2.75) is 12.8 Å². The largest absolute Gasteiger partial charge is 0.366 e. The fraction of sp³-hybridized carbons (Fsp3) is 0.333. The molecule has 1 heterocycles. The second kappa shape index (κ2) is 7.22. The average Bonchev–Trinajstić information content (AvgIpc) is 3.52. The van der Waals surface area contributed by atoms with E-state index in [1.165, 1.54) is 30.3 Å². The van der Waals surface area contributed by atoms with Crippen LogP contribution in [0.5, 0.6) is 0 Å². The van der Waals surface area contributed by atoms with Gasteiger partial charge >= 0.3 is 0 Å². The highest BCUT2D eigenvalue weighted by Crippen LogP contribution is 2.48. The molecule has 0 bridgehead atoms. The Balaban J connectivity index is 1.38. The first-order valence-corrected chi connectivity index (χ1v) is 9.35. The lowest BCUT2D eigenvalue weighted by molar-refractivity contribution is -0.142. The summed E-state index contributed by atoms with van der Waals surface area (Å²) in [5, 5.41) is 2.72. The van der Waals surface area contributed by atoms with Crippen LogP contribution < -0.4 is 10.2 Å². The fourth-order valence-electron chi connectivity index (χ4n) is 3.61. The molecule has 28 heavy (non-hydrogen) atoms. The quantitative estimate of drug-likeness (QED) is 0.824. The average molecular weight is 385 g/mol. The first-order valence-electron chi connectivity index (χ1n) is 9.35. The number of piperazine rings is 1. The summed E-state index contributed by atoms with van der Waals surface area (Å²) in [6, 6.07) is 12.1. The maximum absolute atomic E-state index is 14.0. The molecular formula is C21H21F2N3O2. The van der Waals surface area contributed by atoms with E-state index in [0.717, 1.165) is 0 Å². The molecule has 1 saturated carbocycles. The number of nitrogens with one attached hydrogen (secondary N) is 1. The second-order valence-corrected chi connectivity index (χ2v) is 7.27. The zero-order chi connectivity index (χ0) is 19.7. The van der Waals surface area contributed by atoms with Crippen LogP contribution in [0.2, 0.25) is 0 Å². The van der Waals surface area contributed by atoms with Crippen LogP contribution in [0.15, 0.2) is 48.5 Å². The number of rotatable bonds is 4. The number of benzene rings is 2. The van der Waals surface area contributed by atoms with Crippen molar-refractivity contribution in [2.24, 2.45) is 5.41 Å². The molecule has 0 aromatic heterocycles. The number of carbonyl (C=O) groups excluding carboxylic acids is 2. The highest BCUT2D eigenvalue weighted by molar-refractivity contribution is 6.13. The first kappa shape index (κ1) is 18.4. The predicted octanol–water partition coefficient (Wildman–Crippen LogP) is 3.03. The molecule has 0 unspecified atom stereocenters. The van der Waals surface area contributed by atoms with Gasteiger partial charge in [-0.25, -0.2) is 8.78 Å². The van der Waals surface area contributed by atoms with Gasteiger partial charge in [-0.15, -0.1) is 0 Å². The zero-order valence-corrected chi connectivity index (χ0v) is 15.3. The van der Waals surface area contributed by atoms with E-state index in [0.29, 0.717) is 50.4 Å². The SMILES string of the molecule is O=C(Nc1ccc(F)cc1)C1(C(=O)N2CCN(c3ccccc3F)CC2)CC1. The molecule has 0 atom stereocenters. The van der Waals surface area contributed by atoms with Gasteiger partial charge in [0.05, 0.1) is 5.69 Å². The van der Waals surface area contributed by atoms with E-state index in [2.05, 4.69) is 5.32 Å². The molecule has 2 fully saturated rings. The summed E-state index contributed by atoms with van der Waals surface area (Å²) >= 11 is 0. The highest BCUT2D eigenvalue weighted by Gasteiger charge is 2.58. The molecule has 0 spiro atoms. The maximum atomic E-state index is 14.0. The van der Waals surface area contributed by atoms with Gasteiger partial charge in [-0.05, 0) is 49.2 Å². The van der Waals surface area contributed by atoms with E-state index in [1.54, 1.807) is 23.1 Å². The van der Waals surface area contributed by atoms with E-state index in [-0.39, 0.29) is 23.4 Å². The Labute approximate surface area is 161 Å². The number of hydrogen-bond donors (Lipinski definition) is 1. The number of amides is 2. The van der Waals surface area contributed by atoms with Gasteiger partial charge in [0.15, 0.2) is 0 Å². The van der Waals surface area contributed by atoms with Gasteiger partial charge in [-0.3, -0.25) is 9.59 Å². The van der Waals surface area contributed by atoms with Crippen LogP contribution >= 0.6 is 0 Å². The molecule has 2 aliphatic rings. The molecule has 5 nitrogen and oxygen atoms in total. The van der Waals surface area contributed by atoms with Gasteiger partial charge in [-0.2, -0.15) is 0 Å². The van der Waals surface area contributed by atoms with Crippen molar-refractivity contribution in [2.75, 3.05) is 36.4 Å². The summed E-state index contributed by atoms with van der Waals surface area (Å²) in [6.07, 6.45) is 1.01. The van der Waals surface area contributed by atoms with Crippen molar-refractivity contribution in [1.29, 1.82) is 0 Å². The molecule has 1 aliphatic heterocycles. The minimum atomic E-state index is -1.03. The Morgan fingerprint density at radius 3 is 2.14 bits per heavy atom. The van der Waals surface area contributed by atoms with Crippen LogP contribution in [0.1, 0.15) is 12.8 Å². The van der Waals surface area contributed by atoms with Gasteiger partial charge in [0.2, 0.25) is 11.8 Å². The third-order valence-corrected chi connectivity index (χ3v) is 5.46. The lowest BCUT2D eigenvalue weighted by Gasteiger charge is -2.37. The van der Waals surface area contributed by atoms with Gasteiger partial charge < -0.3 is 15.1 Å². The number of carbonyl (C=O) groups is 2. The standard InChI is InChI=1S/C21H21F2N3O2/c22-15-5-7-16(8-6-15)24-19(27)21(9-10-21)20(28)26-13-11-25(12-14-26)18-4-2-1-3-17(18)23/h1-8H,9-14H2,(H,24,27). The number of anilines is 2. The lowest BCUT2D eigenvalue weighted by Crippen LogP contribution is -2.52. The topological polar surface area (TPSA) is 52.7 Å². The molecule has 2 aromatic rings. The third-order valence-electron chi connectivity index (χ3n) is 5.46. The minimum Gasteiger partial charge on any atom is -0.366 e. The monoisotopic (exact) mass is 385 g/mol. The molecule has 1 saturated heterocycles. The number of nitrogens with zero attached hydrogens (tertiary/aromatic N) is 2. The second-order valence-electron chi connectivity index (χ2n) is 7.27. The van der Waals surface area contributed by atoms with Gasteiger partial charge in [0.1, 0.15) is 17.0 Å². The number of halogens is 2. The maximum Gasteiger partial charge on any atom is 0.240 e. The summed E-state index contributed by atoms with van der Waals surface area (Å²) in [4.78, 5) is 29.3. The van der Waals surface area contributed by atoms with Gasteiger partial charge in [-0.1, -0.05) is 12.1 Å². The molecule has 7 heteroatoms. The smallest absolute Gasteiger partial charge is 0.240 e. The van der Waals surface area contributed by atoms with E-state index < -0.39 is 5.41 Å². The Hall–Kier alpha value is -2.96. The normalized spacial score (nSPS) is 17.9. The van der Waals surface area contributed by atoms with Crippen molar-refractivity contribution in [3.63, 3.8) is 0 Å². The van der Waals surface area contributed by atoms with Crippen molar-refractivity contribution in [1.82, 2.24) is 4.90 Å². The molecule has 0 radical (unpaired) electrons. The molecule has 1 N–H and O–H groups in total. The fourth-order valence-corrected chi connectivity index (χ4v) is 3.61. The summed E-state index contributed by atoms with van der Waals surface area (Å²) in [5.41, 5.74) is -0.0335. The first-order chi connectivity index (χ1) is 13.5. The highest BCUT2D eigenvalue weighted by atomic mass is 19.1. The van der Waals surface area contributed by atoms with Gasteiger partial charge in [0, 0.05) is 31.9 Å². The summed E-state index contributed by atoms with van der Waals surface area (Å²) in [7, 11) is 0. The summed E-state index contributed by atoms with van der Waals surface area (Å²) < 4.78 is 27.0. The molecule has 4 rings (SSSR count). The van der Waals surface area contributed by atoms with Crippen LogP contribution in [-0.2, 0) is 9.59 Å². The van der Waals surface area contributed by atoms with Gasteiger partial charge in [0.25, 0.3) is 0 Å². The van der Waals surface area contributed by atoms with Crippen LogP contribution in [0.25, 0.3) is 0 Å². The minimum absolute atomic E-state index is 0.180. The van der Waals surface area contributed by atoms with Crippen LogP contribution in [-0.4, -0.2) is 42.9 Å². The summed E-state index contributed by atoms with van der Waals surface area (Å²) in [5.74, 6) is -1.19. The molecule has 1 aliphatic carbocycles. The van der Waals surface area contributed by atoms with E-state index in [4.69, 9.17) is 0 Å². The Kier molecular flexibility index (Phi) is 4.75. The molecule has 2 amide bonds. The number of hydrogen-bond acceptors (Lipinski definition) is 3. The molecular weight excluding hydrogens is 364 g/mol. The van der Waals surface area contributed by atoms with Crippen molar-refractivity contribution >= 4 is 23.2 Å². The Bertz CT molecular complexity index is 889. The van der Waals surface area contributed by atoms with Crippen molar-refractivity contribution in [3.05, 3.63) is 60.2 Å². The van der Waals surface area contributed by atoms with E-state index in [1.807, 2.05) is 4.90 Å². The van der Waals surface area contributed by atoms with Crippen molar-refractivity contribution < 1.29 is 18.4 Å². The number of para-hydroxylation sites is 1. The predicted molar refractivity (Wildman–Crippen MR) is 102 cm³/mol. The van der Waals surface area contributed by atoms with E-state index >= 15 is 0 Å². The third kappa shape index (κ3) is 3.44. The van der Waals surface area contributed by atoms with E-state index in [9.17, 15) is 18.4 Å². The Morgan fingerprint density at radius 2 is 1.54 bits per heavy atom. The van der Waals surface area contributed by atoms with Crippen LogP contribution in [0.3, 0.4) is 0 Å². The lowest BCUT2D eigenvalue weighted by atomic mass is 10.0. The van der Waals surface area contributed by atoms with Crippen molar-refractivity contribution in [3.8, 4) is 0 Å². The summed E-state index contributed by atoms with van der Waals surface area (Å²) in [6.45, 7) is 1.92. The van der Waals surface area contributed by atoms with Crippen LogP contribution in [0.4, 0.5) is 20.2 Å². The molecule has 146 valence electrons. The Morgan fingerprint density at radius 1 is 0.893 bits per heavy atom.